The van der Waals surface area contributed by atoms with Crippen LogP contribution >= 0.6 is 11.6 Å². The second kappa shape index (κ2) is 8.61. The minimum Gasteiger partial charge on any atom is -0.383 e. The van der Waals surface area contributed by atoms with Gasteiger partial charge in [-0.05, 0) is 17.7 Å². The number of benzene rings is 1. The van der Waals surface area contributed by atoms with Crippen LogP contribution in [0, 0.1) is 0 Å². The molecule has 1 heterocycles. The molecule has 124 valence electrons. The van der Waals surface area contributed by atoms with Crippen molar-refractivity contribution in [3.63, 3.8) is 0 Å². The van der Waals surface area contributed by atoms with Gasteiger partial charge in [0.05, 0.1) is 6.61 Å². The SMILES string of the molecule is COCCn1cnnc1CCNC(=O)[C@@H](O)c1ccc(Cl)cc1. The summed E-state index contributed by atoms with van der Waals surface area (Å²) in [5.74, 6) is 0.290. The molecule has 1 amide bonds. The van der Waals surface area contributed by atoms with Crippen LogP contribution in [0.3, 0.4) is 0 Å². The molecule has 0 fully saturated rings. The van der Waals surface area contributed by atoms with Gasteiger partial charge in [0.25, 0.3) is 5.91 Å². The molecule has 1 aromatic carbocycles. The number of ether oxygens (including phenoxy) is 1. The lowest BCUT2D eigenvalue weighted by atomic mass is 10.1. The van der Waals surface area contributed by atoms with E-state index in [9.17, 15) is 9.90 Å². The second-order valence-corrected chi connectivity index (χ2v) is 5.36. The normalized spacial score (nSPS) is 12.1. The number of nitrogens with zero attached hydrogens (tertiary/aromatic N) is 3. The number of carbonyl (C=O) groups is 1. The van der Waals surface area contributed by atoms with E-state index < -0.39 is 12.0 Å². The Morgan fingerprint density at radius 3 is 2.87 bits per heavy atom. The largest absolute Gasteiger partial charge is 0.383 e. The maximum Gasteiger partial charge on any atom is 0.253 e. The molecule has 0 bridgehead atoms. The summed E-state index contributed by atoms with van der Waals surface area (Å²) in [6.07, 6.45) is 0.917. The number of aromatic nitrogens is 3. The smallest absolute Gasteiger partial charge is 0.253 e. The van der Waals surface area contributed by atoms with Crippen LogP contribution in [0.4, 0.5) is 0 Å². The molecular weight excluding hydrogens is 320 g/mol. The van der Waals surface area contributed by atoms with Crippen molar-refractivity contribution in [3.05, 3.63) is 47.0 Å². The molecule has 2 rings (SSSR count). The minimum absolute atomic E-state index is 0.356. The lowest BCUT2D eigenvalue weighted by Gasteiger charge is -2.12. The predicted octanol–water partition coefficient (Wildman–Crippen LogP) is 0.970. The summed E-state index contributed by atoms with van der Waals surface area (Å²) in [4.78, 5) is 12.0. The zero-order valence-corrected chi connectivity index (χ0v) is 13.5. The summed E-state index contributed by atoms with van der Waals surface area (Å²) in [6.45, 7) is 1.57. The maximum atomic E-state index is 12.0. The quantitative estimate of drug-likeness (QED) is 0.748. The lowest BCUT2D eigenvalue weighted by Crippen LogP contribution is -2.31. The topological polar surface area (TPSA) is 89.3 Å². The second-order valence-electron chi connectivity index (χ2n) is 4.93. The predicted molar refractivity (Wildman–Crippen MR) is 85.0 cm³/mol. The van der Waals surface area contributed by atoms with E-state index in [0.29, 0.717) is 36.7 Å². The van der Waals surface area contributed by atoms with Crippen molar-refractivity contribution in [2.45, 2.75) is 19.1 Å². The van der Waals surface area contributed by atoms with E-state index in [2.05, 4.69) is 15.5 Å². The van der Waals surface area contributed by atoms with Gasteiger partial charge < -0.3 is 19.7 Å². The van der Waals surface area contributed by atoms with Gasteiger partial charge >= 0.3 is 0 Å². The molecule has 0 saturated carbocycles. The van der Waals surface area contributed by atoms with Crippen molar-refractivity contribution >= 4 is 17.5 Å². The number of rotatable bonds is 8. The van der Waals surface area contributed by atoms with Crippen molar-refractivity contribution in [2.75, 3.05) is 20.3 Å². The molecule has 23 heavy (non-hydrogen) atoms. The standard InChI is InChI=1S/C15H19ClN4O3/c1-23-9-8-20-10-18-19-13(20)6-7-17-15(22)14(21)11-2-4-12(16)5-3-11/h2-5,10,14,21H,6-9H2,1H3,(H,17,22)/t14-/m0/s1. The Bertz CT molecular complexity index is 630. The average molecular weight is 339 g/mol. The highest BCUT2D eigenvalue weighted by Gasteiger charge is 2.17. The number of halogens is 1. The van der Waals surface area contributed by atoms with Crippen LogP contribution in [0.15, 0.2) is 30.6 Å². The summed E-state index contributed by atoms with van der Waals surface area (Å²) in [6, 6.07) is 6.50. The fourth-order valence-corrected chi connectivity index (χ4v) is 2.17. The monoisotopic (exact) mass is 338 g/mol. The van der Waals surface area contributed by atoms with E-state index in [4.69, 9.17) is 16.3 Å². The maximum absolute atomic E-state index is 12.0. The van der Waals surface area contributed by atoms with Gasteiger partial charge in [-0.15, -0.1) is 10.2 Å². The van der Waals surface area contributed by atoms with Crippen molar-refractivity contribution in [1.82, 2.24) is 20.1 Å². The highest BCUT2D eigenvalue weighted by atomic mass is 35.5. The molecule has 0 aliphatic rings. The van der Waals surface area contributed by atoms with Gasteiger partial charge in [-0.2, -0.15) is 0 Å². The van der Waals surface area contributed by atoms with Crippen molar-refractivity contribution in [2.24, 2.45) is 0 Å². The van der Waals surface area contributed by atoms with Gasteiger partial charge in [0, 0.05) is 31.6 Å². The van der Waals surface area contributed by atoms with E-state index in [-0.39, 0.29) is 0 Å². The van der Waals surface area contributed by atoms with E-state index in [1.54, 1.807) is 37.7 Å². The fraction of sp³-hybridized carbons (Fsp3) is 0.400. The number of amides is 1. The minimum atomic E-state index is -1.22. The molecule has 0 aliphatic heterocycles. The first-order valence-electron chi connectivity index (χ1n) is 7.18. The van der Waals surface area contributed by atoms with Crippen molar-refractivity contribution < 1.29 is 14.6 Å². The fourth-order valence-electron chi connectivity index (χ4n) is 2.04. The van der Waals surface area contributed by atoms with Crippen molar-refractivity contribution in [3.8, 4) is 0 Å². The van der Waals surface area contributed by atoms with Crippen LogP contribution in [0.5, 0.6) is 0 Å². The van der Waals surface area contributed by atoms with Gasteiger partial charge in [-0.25, -0.2) is 0 Å². The Morgan fingerprint density at radius 1 is 1.43 bits per heavy atom. The summed E-state index contributed by atoms with van der Waals surface area (Å²) in [7, 11) is 1.63. The number of nitrogens with one attached hydrogen (secondary N) is 1. The van der Waals surface area contributed by atoms with E-state index in [0.717, 1.165) is 5.82 Å². The Hall–Kier alpha value is -1.96. The number of hydrogen-bond acceptors (Lipinski definition) is 5. The van der Waals surface area contributed by atoms with Gasteiger partial charge in [-0.3, -0.25) is 4.79 Å². The Kier molecular flexibility index (Phi) is 6.52. The molecule has 2 aromatic rings. The molecular formula is C15H19ClN4O3. The van der Waals surface area contributed by atoms with E-state index in [1.807, 2.05) is 4.57 Å². The molecule has 0 unspecified atom stereocenters. The molecule has 7 nitrogen and oxygen atoms in total. The Labute approximate surface area is 139 Å². The third-order valence-electron chi connectivity index (χ3n) is 3.31. The number of carbonyl (C=O) groups excluding carboxylic acids is 1. The summed E-state index contributed by atoms with van der Waals surface area (Å²) in [5.41, 5.74) is 0.496. The van der Waals surface area contributed by atoms with Gasteiger partial charge in [-0.1, -0.05) is 23.7 Å². The molecule has 2 N–H and O–H groups in total. The van der Waals surface area contributed by atoms with E-state index in [1.165, 1.54) is 0 Å². The third-order valence-corrected chi connectivity index (χ3v) is 3.57. The van der Waals surface area contributed by atoms with E-state index >= 15 is 0 Å². The van der Waals surface area contributed by atoms with Crippen LogP contribution in [0.1, 0.15) is 17.5 Å². The Balaban J connectivity index is 1.82. The number of hydrogen-bond donors (Lipinski definition) is 2. The van der Waals surface area contributed by atoms with Crippen LogP contribution in [-0.2, 0) is 22.5 Å². The zero-order chi connectivity index (χ0) is 16.7. The molecule has 0 saturated heterocycles. The first-order chi connectivity index (χ1) is 11.1. The first-order valence-corrected chi connectivity index (χ1v) is 7.56. The first kappa shape index (κ1) is 17.4. The number of aliphatic hydroxyl groups excluding tert-OH is 1. The Morgan fingerprint density at radius 2 is 2.17 bits per heavy atom. The van der Waals surface area contributed by atoms with Crippen LogP contribution in [0.25, 0.3) is 0 Å². The van der Waals surface area contributed by atoms with Gasteiger partial charge in [0.2, 0.25) is 0 Å². The molecule has 1 atom stereocenters. The molecule has 0 aliphatic carbocycles. The summed E-state index contributed by atoms with van der Waals surface area (Å²) < 4.78 is 6.88. The molecule has 8 heteroatoms. The zero-order valence-electron chi connectivity index (χ0n) is 12.8. The average Bonchev–Trinajstić information content (AvgIpc) is 3.00. The third kappa shape index (κ3) is 5.02. The van der Waals surface area contributed by atoms with Gasteiger partial charge in [0.15, 0.2) is 6.10 Å². The summed E-state index contributed by atoms with van der Waals surface area (Å²) in [5, 5.41) is 21.1. The van der Waals surface area contributed by atoms with Crippen LogP contribution in [0.2, 0.25) is 5.02 Å². The molecule has 1 aromatic heterocycles. The van der Waals surface area contributed by atoms with Crippen LogP contribution in [-0.4, -0.2) is 46.0 Å². The lowest BCUT2D eigenvalue weighted by molar-refractivity contribution is -0.129. The van der Waals surface area contributed by atoms with Crippen molar-refractivity contribution in [1.29, 1.82) is 0 Å². The number of methoxy groups -OCH3 is 1. The number of aliphatic hydroxyl groups is 1. The highest BCUT2D eigenvalue weighted by molar-refractivity contribution is 6.30. The van der Waals surface area contributed by atoms with Gasteiger partial charge in [0.1, 0.15) is 12.2 Å². The molecule has 0 spiro atoms. The van der Waals surface area contributed by atoms with Crippen LogP contribution < -0.4 is 5.32 Å². The highest BCUT2D eigenvalue weighted by Crippen LogP contribution is 2.16. The molecule has 0 radical (unpaired) electrons. The summed E-state index contributed by atoms with van der Waals surface area (Å²) >= 11 is 5.78.